The van der Waals surface area contributed by atoms with Crippen LogP contribution in [0.2, 0.25) is 10.2 Å². The second-order valence-corrected chi connectivity index (χ2v) is 6.54. The lowest BCUT2D eigenvalue weighted by Gasteiger charge is -2.09. The van der Waals surface area contributed by atoms with Crippen molar-refractivity contribution in [2.45, 2.75) is 11.8 Å². The molecule has 9 heteroatoms. The Balaban J connectivity index is 2.39. The number of methoxy groups -OCH3 is 1. The number of aromatic nitrogens is 2. The summed E-state index contributed by atoms with van der Waals surface area (Å²) in [6, 6.07) is 5.95. The van der Waals surface area contributed by atoms with Gasteiger partial charge in [0.2, 0.25) is 11.8 Å². The van der Waals surface area contributed by atoms with Gasteiger partial charge in [-0.05, 0) is 24.6 Å². The number of hydrogen-bond donors (Lipinski definition) is 1. The van der Waals surface area contributed by atoms with Crippen molar-refractivity contribution in [2.24, 2.45) is 0 Å². The molecule has 2 rings (SSSR count). The lowest BCUT2D eigenvalue weighted by atomic mass is 10.2. The average Bonchev–Trinajstić information content (AvgIpc) is 2.36. The minimum Gasteiger partial charge on any atom is -0.481 e. The Morgan fingerprint density at radius 2 is 1.90 bits per heavy atom. The third-order valence-electron chi connectivity index (χ3n) is 2.48. The van der Waals surface area contributed by atoms with Crippen LogP contribution in [0, 0.1) is 6.92 Å². The summed E-state index contributed by atoms with van der Waals surface area (Å²) >= 11 is 11.7. The molecular weight excluding hydrogens is 337 g/mol. The van der Waals surface area contributed by atoms with E-state index >= 15 is 0 Å². The van der Waals surface area contributed by atoms with Crippen LogP contribution in [-0.4, -0.2) is 25.5 Å². The molecule has 2 aromatic rings. The molecule has 0 amide bonds. The summed E-state index contributed by atoms with van der Waals surface area (Å²) in [4.78, 5) is 7.57. The summed E-state index contributed by atoms with van der Waals surface area (Å²) < 4.78 is 31.7. The van der Waals surface area contributed by atoms with E-state index in [4.69, 9.17) is 27.9 Å². The fourth-order valence-electron chi connectivity index (χ4n) is 1.55. The fourth-order valence-corrected chi connectivity index (χ4v) is 3.26. The van der Waals surface area contributed by atoms with Gasteiger partial charge in [-0.1, -0.05) is 29.3 Å². The fraction of sp³-hybridized carbons (Fsp3) is 0.167. The summed E-state index contributed by atoms with van der Waals surface area (Å²) in [7, 11) is -2.54. The highest BCUT2D eigenvalue weighted by atomic mass is 35.5. The quantitative estimate of drug-likeness (QED) is 0.860. The van der Waals surface area contributed by atoms with Crippen LogP contribution < -0.4 is 9.46 Å². The Hall–Kier alpha value is -1.57. The Morgan fingerprint density at radius 1 is 1.19 bits per heavy atom. The lowest BCUT2D eigenvalue weighted by molar-refractivity contribution is 0.397. The Kier molecular flexibility index (Phi) is 4.55. The van der Waals surface area contributed by atoms with Gasteiger partial charge in [0.15, 0.2) is 0 Å². The number of anilines is 1. The number of rotatable bonds is 4. The van der Waals surface area contributed by atoms with Crippen LogP contribution in [0.4, 0.5) is 5.95 Å². The zero-order valence-corrected chi connectivity index (χ0v) is 13.4. The largest absolute Gasteiger partial charge is 0.481 e. The van der Waals surface area contributed by atoms with Crippen molar-refractivity contribution in [2.75, 3.05) is 11.8 Å². The van der Waals surface area contributed by atoms with Gasteiger partial charge in [0, 0.05) is 6.07 Å². The number of benzene rings is 1. The molecule has 1 aromatic carbocycles. The summed E-state index contributed by atoms with van der Waals surface area (Å²) in [5.41, 5.74) is 0.847. The average molecular weight is 348 g/mol. The second kappa shape index (κ2) is 6.05. The maximum absolute atomic E-state index is 12.3. The van der Waals surface area contributed by atoms with E-state index in [2.05, 4.69) is 14.7 Å². The number of hydrogen-bond acceptors (Lipinski definition) is 5. The molecule has 6 nitrogen and oxygen atoms in total. The molecule has 1 heterocycles. The van der Waals surface area contributed by atoms with Crippen LogP contribution in [0.1, 0.15) is 5.56 Å². The SMILES string of the molecule is COc1cc(Cl)nc(NS(=O)(=O)c2ccc(C)cc2Cl)n1. The van der Waals surface area contributed by atoms with E-state index in [0.717, 1.165) is 5.56 Å². The first-order valence-electron chi connectivity index (χ1n) is 5.69. The summed E-state index contributed by atoms with van der Waals surface area (Å²) in [5, 5.41) is 0.158. The third-order valence-corrected chi connectivity index (χ3v) is 4.49. The minimum atomic E-state index is -3.92. The molecule has 0 spiro atoms. The summed E-state index contributed by atoms with van der Waals surface area (Å²) in [5.74, 6) is -0.0568. The molecular formula is C12H11Cl2N3O3S. The van der Waals surface area contributed by atoms with Crippen LogP contribution in [0.25, 0.3) is 0 Å². The number of sulfonamides is 1. The standard InChI is InChI=1S/C12H11Cl2N3O3S/c1-7-3-4-9(8(13)5-7)21(18,19)17-12-15-10(14)6-11(16-12)20-2/h3-6H,1-2H3,(H,15,16,17). The lowest BCUT2D eigenvalue weighted by Crippen LogP contribution is -2.16. The van der Waals surface area contributed by atoms with E-state index in [9.17, 15) is 8.42 Å². The van der Waals surface area contributed by atoms with E-state index in [1.807, 2.05) is 0 Å². The van der Waals surface area contributed by atoms with Crippen LogP contribution in [0.3, 0.4) is 0 Å². The Labute approximate surface area is 132 Å². The topological polar surface area (TPSA) is 81.2 Å². The van der Waals surface area contributed by atoms with E-state index < -0.39 is 10.0 Å². The zero-order valence-electron chi connectivity index (χ0n) is 11.1. The molecule has 0 radical (unpaired) electrons. The van der Waals surface area contributed by atoms with Gasteiger partial charge in [-0.25, -0.2) is 18.1 Å². The van der Waals surface area contributed by atoms with Crippen molar-refractivity contribution in [3.05, 3.63) is 40.0 Å². The van der Waals surface area contributed by atoms with E-state index in [-0.39, 0.29) is 26.9 Å². The van der Waals surface area contributed by atoms with Gasteiger partial charge in [0.1, 0.15) is 10.0 Å². The summed E-state index contributed by atoms with van der Waals surface area (Å²) in [6.07, 6.45) is 0. The number of nitrogens with one attached hydrogen (secondary N) is 1. The van der Waals surface area contributed by atoms with E-state index in [1.165, 1.54) is 19.2 Å². The van der Waals surface area contributed by atoms with E-state index in [1.54, 1.807) is 19.1 Å². The molecule has 0 aliphatic rings. The van der Waals surface area contributed by atoms with Gasteiger partial charge in [-0.2, -0.15) is 4.98 Å². The monoisotopic (exact) mass is 347 g/mol. The van der Waals surface area contributed by atoms with Gasteiger partial charge in [-0.3, -0.25) is 0 Å². The van der Waals surface area contributed by atoms with Crippen LogP contribution in [0.5, 0.6) is 5.88 Å². The van der Waals surface area contributed by atoms with E-state index in [0.29, 0.717) is 0 Å². The molecule has 0 unspecified atom stereocenters. The van der Waals surface area contributed by atoms with Crippen LogP contribution in [-0.2, 0) is 10.0 Å². The van der Waals surface area contributed by atoms with Crippen molar-refractivity contribution in [3.8, 4) is 5.88 Å². The van der Waals surface area contributed by atoms with Gasteiger partial charge < -0.3 is 4.74 Å². The highest BCUT2D eigenvalue weighted by Gasteiger charge is 2.20. The molecule has 0 aliphatic carbocycles. The van der Waals surface area contributed by atoms with Crippen molar-refractivity contribution in [1.29, 1.82) is 0 Å². The molecule has 0 bridgehead atoms. The van der Waals surface area contributed by atoms with Gasteiger partial charge in [-0.15, -0.1) is 0 Å². The molecule has 0 fully saturated rings. The maximum atomic E-state index is 12.3. The predicted octanol–water partition coefficient (Wildman–Crippen LogP) is 2.90. The maximum Gasteiger partial charge on any atom is 0.265 e. The minimum absolute atomic E-state index is 0.0505. The van der Waals surface area contributed by atoms with Crippen molar-refractivity contribution in [3.63, 3.8) is 0 Å². The molecule has 1 aromatic heterocycles. The highest BCUT2D eigenvalue weighted by Crippen LogP contribution is 2.25. The Bertz CT molecular complexity index is 781. The first kappa shape index (κ1) is 15.8. The molecule has 0 saturated carbocycles. The predicted molar refractivity (Wildman–Crippen MR) is 80.6 cm³/mol. The first-order valence-corrected chi connectivity index (χ1v) is 7.93. The molecule has 0 saturated heterocycles. The number of aryl methyl sites for hydroxylation is 1. The molecule has 0 atom stereocenters. The highest BCUT2D eigenvalue weighted by molar-refractivity contribution is 7.92. The smallest absolute Gasteiger partial charge is 0.265 e. The summed E-state index contributed by atoms with van der Waals surface area (Å²) in [6.45, 7) is 1.81. The zero-order chi connectivity index (χ0) is 15.6. The number of nitrogens with zero attached hydrogens (tertiary/aromatic N) is 2. The van der Waals surface area contributed by atoms with Crippen LogP contribution in [0.15, 0.2) is 29.2 Å². The molecule has 1 N–H and O–H groups in total. The second-order valence-electron chi connectivity index (χ2n) is 4.10. The van der Waals surface area contributed by atoms with Crippen LogP contribution >= 0.6 is 23.2 Å². The van der Waals surface area contributed by atoms with Crippen molar-refractivity contribution >= 4 is 39.2 Å². The first-order chi connectivity index (χ1) is 9.81. The van der Waals surface area contributed by atoms with Gasteiger partial charge in [0.05, 0.1) is 12.1 Å². The molecule has 21 heavy (non-hydrogen) atoms. The number of ether oxygens (including phenoxy) is 1. The normalized spacial score (nSPS) is 11.2. The molecule has 112 valence electrons. The van der Waals surface area contributed by atoms with Crippen molar-refractivity contribution in [1.82, 2.24) is 9.97 Å². The third kappa shape index (κ3) is 3.75. The Morgan fingerprint density at radius 3 is 2.52 bits per heavy atom. The van der Waals surface area contributed by atoms with Gasteiger partial charge >= 0.3 is 0 Å². The molecule has 0 aliphatic heterocycles. The van der Waals surface area contributed by atoms with Crippen molar-refractivity contribution < 1.29 is 13.2 Å². The number of halogens is 2. The van der Waals surface area contributed by atoms with Gasteiger partial charge in [0.25, 0.3) is 10.0 Å².